The van der Waals surface area contributed by atoms with Crippen LogP contribution in [0.1, 0.15) is 35.9 Å². The van der Waals surface area contributed by atoms with Crippen LogP contribution in [-0.4, -0.2) is 31.6 Å². The van der Waals surface area contributed by atoms with E-state index in [4.69, 9.17) is 6.42 Å². The van der Waals surface area contributed by atoms with E-state index in [2.05, 4.69) is 16.2 Å². The number of unbranched alkanes of at least 4 members (excludes halogenated alkanes) is 2. The number of terminal acetylenes is 1. The summed E-state index contributed by atoms with van der Waals surface area (Å²) in [5, 5.41) is 2.71. The van der Waals surface area contributed by atoms with Crippen LogP contribution in [0, 0.1) is 12.3 Å². The zero-order valence-electron chi connectivity index (χ0n) is 10.7. The molecule has 0 unspecified atom stereocenters. The molecule has 0 aliphatic rings. The molecule has 1 rings (SSSR count). The van der Waals surface area contributed by atoms with Crippen molar-refractivity contribution in [3.8, 4) is 12.3 Å². The van der Waals surface area contributed by atoms with E-state index >= 15 is 0 Å². The van der Waals surface area contributed by atoms with Crippen molar-refractivity contribution in [1.29, 1.82) is 0 Å². The lowest BCUT2D eigenvalue weighted by molar-refractivity contribution is 0.0957. The Balaban J connectivity index is 2.53. The van der Waals surface area contributed by atoms with Crippen LogP contribution in [0.4, 0.5) is 0 Å². The SMILES string of the molecule is C#CCCCCNC(=O)c1cnc(S(=O)(=O)CC)s1. The molecule has 0 saturated carbocycles. The van der Waals surface area contributed by atoms with E-state index in [9.17, 15) is 13.2 Å². The first kappa shape index (κ1) is 15.7. The topological polar surface area (TPSA) is 76.1 Å². The fourth-order valence-corrected chi connectivity index (χ4v) is 3.43. The summed E-state index contributed by atoms with van der Waals surface area (Å²) in [4.78, 5) is 15.8. The normalized spacial score (nSPS) is 10.9. The maximum absolute atomic E-state index is 11.7. The maximum Gasteiger partial charge on any atom is 0.263 e. The number of carbonyl (C=O) groups excluding carboxylic acids is 1. The highest BCUT2D eigenvalue weighted by molar-refractivity contribution is 7.93. The number of sulfone groups is 1. The minimum atomic E-state index is -3.34. The molecule has 1 heterocycles. The van der Waals surface area contributed by atoms with E-state index in [-0.39, 0.29) is 16.0 Å². The molecule has 0 aliphatic heterocycles. The zero-order chi connectivity index (χ0) is 14.3. The summed E-state index contributed by atoms with van der Waals surface area (Å²) in [5.41, 5.74) is 0. The Hall–Kier alpha value is -1.39. The van der Waals surface area contributed by atoms with Crippen LogP contribution < -0.4 is 5.32 Å². The van der Waals surface area contributed by atoms with Crippen molar-refractivity contribution in [2.75, 3.05) is 12.3 Å². The van der Waals surface area contributed by atoms with Crippen molar-refractivity contribution in [2.24, 2.45) is 0 Å². The fraction of sp³-hybridized carbons (Fsp3) is 0.500. The van der Waals surface area contributed by atoms with Gasteiger partial charge in [0.05, 0.1) is 11.9 Å². The van der Waals surface area contributed by atoms with E-state index in [1.54, 1.807) is 6.92 Å². The molecule has 5 nitrogen and oxygen atoms in total. The number of nitrogens with zero attached hydrogens (tertiary/aromatic N) is 1. The Bertz CT molecular complexity index is 570. The molecule has 0 fully saturated rings. The molecule has 0 bridgehead atoms. The van der Waals surface area contributed by atoms with Crippen LogP contribution >= 0.6 is 11.3 Å². The van der Waals surface area contributed by atoms with Gasteiger partial charge >= 0.3 is 0 Å². The molecule has 104 valence electrons. The van der Waals surface area contributed by atoms with Crippen molar-refractivity contribution in [3.63, 3.8) is 0 Å². The lowest BCUT2D eigenvalue weighted by atomic mass is 10.2. The zero-order valence-corrected chi connectivity index (χ0v) is 12.3. The lowest BCUT2D eigenvalue weighted by Gasteiger charge is -2.01. The minimum Gasteiger partial charge on any atom is -0.351 e. The van der Waals surface area contributed by atoms with E-state index in [0.29, 0.717) is 17.8 Å². The highest BCUT2D eigenvalue weighted by Crippen LogP contribution is 2.19. The first-order valence-electron chi connectivity index (χ1n) is 5.91. The molecule has 7 heteroatoms. The number of thiazole rings is 1. The van der Waals surface area contributed by atoms with Gasteiger partial charge in [-0.2, -0.15) is 0 Å². The second kappa shape index (κ2) is 7.26. The van der Waals surface area contributed by atoms with Gasteiger partial charge in [0, 0.05) is 13.0 Å². The van der Waals surface area contributed by atoms with Gasteiger partial charge in [0.25, 0.3) is 5.91 Å². The summed E-state index contributed by atoms with van der Waals surface area (Å²) in [6.07, 6.45) is 8.76. The molecular weight excluding hydrogens is 284 g/mol. The van der Waals surface area contributed by atoms with Gasteiger partial charge in [0.2, 0.25) is 14.2 Å². The Labute approximate surface area is 117 Å². The Morgan fingerprint density at radius 3 is 2.89 bits per heavy atom. The monoisotopic (exact) mass is 300 g/mol. The molecule has 0 spiro atoms. The molecule has 1 aromatic heterocycles. The Kier molecular flexibility index (Phi) is 5.99. The van der Waals surface area contributed by atoms with Crippen molar-refractivity contribution < 1.29 is 13.2 Å². The standard InChI is InChI=1S/C12H16N2O3S2/c1-3-5-6-7-8-13-11(15)10-9-14-12(18-10)19(16,17)4-2/h1,9H,4-8H2,2H3,(H,13,15). The van der Waals surface area contributed by atoms with Crippen LogP contribution in [0.25, 0.3) is 0 Å². The number of aromatic nitrogens is 1. The lowest BCUT2D eigenvalue weighted by Crippen LogP contribution is -2.23. The highest BCUT2D eigenvalue weighted by atomic mass is 32.2. The number of hydrogen-bond acceptors (Lipinski definition) is 5. The molecule has 0 radical (unpaired) electrons. The van der Waals surface area contributed by atoms with E-state index in [1.165, 1.54) is 6.20 Å². The molecule has 19 heavy (non-hydrogen) atoms. The van der Waals surface area contributed by atoms with Crippen LogP contribution in [-0.2, 0) is 9.84 Å². The van der Waals surface area contributed by atoms with Crippen LogP contribution in [0.2, 0.25) is 0 Å². The Morgan fingerprint density at radius 2 is 2.26 bits per heavy atom. The van der Waals surface area contributed by atoms with E-state index in [1.807, 2.05) is 0 Å². The van der Waals surface area contributed by atoms with E-state index in [0.717, 1.165) is 24.2 Å². The van der Waals surface area contributed by atoms with Crippen molar-refractivity contribution in [1.82, 2.24) is 10.3 Å². The maximum atomic E-state index is 11.7. The van der Waals surface area contributed by atoms with Gasteiger partial charge in [-0.05, 0) is 12.8 Å². The second-order valence-corrected chi connectivity index (χ2v) is 7.29. The number of nitrogens with one attached hydrogen (secondary N) is 1. The molecular formula is C12H16N2O3S2. The third-order valence-electron chi connectivity index (χ3n) is 2.39. The van der Waals surface area contributed by atoms with Gasteiger partial charge in [0.1, 0.15) is 4.88 Å². The van der Waals surface area contributed by atoms with Gasteiger partial charge in [-0.15, -0.1) is 12.3 Å². The first-order chi connectivity index (χ1) is 9.01. The van der Waals surface area contributed by atoms with Crippen molar-refractivity contribution >= 4 is 27.1 Å². The van der Waals surface area contributed by atoms with Gasteiger partial charge in [-0.25, -0.2) is 13.4 Å². The van der Waals surface area contributed by atoms with Gasteiger partial charge in [-0.1, -0.05) is 18.3 Å². The average molecular weight is 300 g/mol. The van der Waals surface area contributed by atoms with Gasteiger partial charge in [-0.3, -0.25) is 4.79 Å². The largest absolute Gasteiger partial charge is 0.351 e. The number of hydrogen-bond donors (Lipinski definition) is 1. The van der Waals surface area contributed by atoms with Crippen LogP contribution in [0.3, 0.4) is 0 Å². The first-order valence-corrected chi connectivity index (χ1v) is 8.38. The van der Waals surface area contributed by atoms with Crippen LogP contribution in [0.5, 0.6) is 0 Å². The number of rotatable bonds is 7. The molecule has 1 aromatic rings. The quantitative estimate of drug-likeness (QED) is 0.611. The van der Waals surface area contributed by atoms with Crippen molar-refractivity contribution in [2.45, 2.75) is 30.5 Å². The summed E-state index contributed by atoms with van der Waals surface area (Å²) >= 11 is 0.897. The number of amides is 1. The summed E-state index contributed by atoms with van der Waals surface area (Å²) in [6, 6.07) is 0. The summed E-state index contributed by atoms with van der Waals surface area (Å²) in [6.45, 7) is 2.07. The predicted molar refractivity (Wildman–Crippen MR) is 74.9 cm³/mol. The average Bonchev–Trinajstić information content (AvgIpc) is 2.88. The smallest absolute Gasteiger partial charge is 0.263 e. The van der Waals surface area contributed by atoms with Crippen LogP contribution in [0.15, 0.2) is 10.5 Å². The Morgan fingerprint density at radius 1 is 1.53 bits per heavy atom. The molecule has 0 saturated heterocycles. The third kappa shape index (κ3) is 4.65. The molecule has 0 aliphatic carbocycles. The molecule has 0 atom stereocenters. The molecule has 1 N–H and O–H groups in total. The van der Waals surface area contributed by atoms with Crippen molar-refractivity contribution in [3.05, 3.63) is 11.1 Å². The van der Waals surface area contributed by atoms with Gasteiger partial charge < -0.3 is 5.32 Å². The summed E-state index contributed by atoms with van der Waals surface area (Å²) in [7, 11) is -3.34. The van der Waals surface area contributed by atoms with E-state index < -0.39 is 9.84 Å². The second-order valence-electron chi connectivity index (χ2n) is 3.81. The summed E-state index contributed by atoms with van der Waals surface area (Å²) < 4.78 is 23.1. The van der Waals surface area contributed by atoms with Gasteiger partial charge in [0.15, 0.2) is 0 Å². The predicted octanol–water partition coefficient (Wildman–Crippen LogP) is 1.47. The number of carbonyl (C=O) groups is 1. The fourth-order valence-electron chi connectivity index (χ4n) is 1.27. The molecule has 0 aromatic carbocycles. The molecule has 1 amide bonds. The highest BCUT2D eigenvalue weighted by Gasteiger charge is 2.18. The summed E-state index contributed by atoms with van der Waals surface area (Å²) in [5.74, 6) is 2.21. The third-order valence-corrected chi connectivity index (χ3v) is 5.59. The minimum absolute atomic E-state index is 0.00696.